The van der Waals surface area contributed by atoms with Crippen molar-refractivity contribution < 1.29 is 31.1 Å². The maximum atomic E-state index is 14.6. The van der Waals surface area contributed by atoms with Crippen molar-refractivity contribution in [2.24, 2.45) is 0 Å². The van der Waals surface area contributed by atoms with Crippen LogP contribution < -0.4 is 5.32 Å². The van der Waals surface area contributed by atoms with Crippen molar-refractivity contribution in [1.82, 2.24) is 9.78 Å². The number of anilines is 1. The Morgan fingerprint density at radius 1 is 1.07 bits per heavy atom. The van der Waals surface area contributed by atoms with Crippen LogP contribution in [0, 0.1) is 24.4 Å². The molecule has 0 fully saturated rings. The van der Waals surface area contributed by atoms with Crippen molar-refractivity contribution in [2.45, 2.75) is 26.6 Å². The van der Waals surface area contributed by atoms with Crippen LogP contribution in [-0.2, 0) is 12.7 Å². The fourth-order valence-electron chi connectivity index (χ4n) is 2.81. The Kier molecular flexibility index (Phi) is 5.60. The molecule has 30 heavy (non-hydrogen) atoms. The first-order valence-electron chi connectivity index (χ1n) is 8.73. The number of aromatic nitrogens is 2. The quantitative estimate of drug-likeness (QED) is 0.554. The highest BCUT2D eigenvalue weighted by Gasteiger charge is 2.35. The van der Waals surface area contributed by atoms with Crippen molar-refractivity contribution in [1.29, 1.82) is 0 Å². The van der Waals surface area contributed by atoms with Crippen molar-refractivity contribution in [3.63, 3.8) is 0 Å². The van der Waals surface area contributed by atoms with Gasteiger partial charge in [0.2, 0.25) is 0 Å². The third-order valence-corrected chi connectivity index (χ3v) is 4.40. The van der Waals surface area contributed by atoms with E-state index in [0.717, 1.165) is 28.9 Å². The molecule has 0 atom stereocenters. The monoisotopic (exact) mass is 427 g/mol. The minimum atomic E-state index is -4.70. The van der Waals surface area contributed by atoms with Crippen molar-refractivity contribution >= 4 is 11.6 Å². The lowest BCUT2D eigenvalue weighted by Crippen LogP contribution is -2.14. The van der Waals surface area contributed by atoms with E-state index in [1.807, 2.05) is 0 Å². The van der Waals surface area contributed by atoms with Gasteiger partial charge in [-0.15, -0.1) is 0 Å². The van der Waals surface area contributed by atoms with Crippen molar-refractivity contribution in [2.75, 3.05) is 5.32 Å². The Balaban J connectivity index is 1.92. The second-order valence-corrected chi connectivity index (χ2v) is 6.44. The molecule has 3 aromatic rings. The summed E-state index contributed by atoms with van der Waals surface area (Å²) in [5.74, 6) is -4.27. The van der Waals surface area contributed by atoms with Gasteiger partial charge in [-0.3, -0.25) is 9.48 Å². The summed E-state index contributed by atoms with van der Waals surface area (Å²) >= 11 is 0. The normalized spacial score (nSPS) is 11.6. The second-order valence-electron chi connectivity index (χ2n) is 6.44. The van der Waals surface area contributed by atoms with Gasteiger partial charge in [-0.2, -0.15) is 18.3 Å². The topological polar surface area (TPSA) is 46.9 Å². The van der Waals surface area contributed by atoms with Crippen LogP contribution in [0.5, 0.6) is 0 Å². The van der Waals surface area contributed by atoms with Gasteiger partial charge in [-0.25, -0.2) is 13.2 Å². The summed E-state index contributed by atoms with van der Waals surface area (Å²) in [7, 11) is 0. The van der Waals surface area contributed by atoms with E-state index in [9.17, 15) is 31.1 Å². The first-order valence-corrected chi connectivity index (χ1v) is 8.73. The van der Waals surface area contributed by atoms with Gasteiger partial charge in [0.15, 0.2) is 17.3 Å². The Hall–Kier alpha value is -3.30. The minimum Gasteiger partial charge on any atom is -0.319 e. The Labute approximate surface area is 167 Å². The molecule has 0 radical (unpaired) electrons. The Morgan fingerprint density at radius 3 is 2.37 bits per heavy atom. The maximum absolute atomic E-state index is 14.6. The molecule has 158 valence electrons. The fraction of sp³-hybridized carbons (Fsp3) is 0.200. The molecule has 2 aromatic carbocycles. The van der Waals surface area contributed by atoms with Gasteiger partial charge < -0.3 is 5.32 Å². The summed E-state index contributed by atoms with van der Waals surface area (Å²) in [5.41, 5.74) is -2.07. The fourth-order valence-corrected chi connectivity index (χ4v) is 2.81. The smallest absolute Gasteiger partial charge is 0.319 e. The van der Waals surface area contributed by atoms with Gasteiger partial charge in [0.05, 0.1) is 11.4 Å². The molecule has 0 spiro atoms. The van der Waals surface area contributed by atoms with Gasteiger partial charge in [-0.05, 0) is 49.7 Å². The number of rotatable bonds is 4. The van der Waals surface area contributed by atoms with Crippen LogP contribution in [0.25, 0.3) is 11.3 Å². The van der Waals surface area contributed by atoms with Crippen molar-refractivity contribution in [3.8, 4) is 11.3 Å². The average molecular weight is 427 g/mol. The van der Waals surface area contributed by atoms with Gasteiger partial charge in [0.25, 0.3) is 5.91 Å². The van der Waals surface area contributed by atoms with E-state index < -0.39 is 40.9 Å². The zero-order valence-corrected chi connectivity index (χ0v) is 15.7. The molecule has 0 unspecified atom stereocenters. The number of hydrogen-bond acceptors (Lipinski definition) is 2. The van der Waals surface area contributed by atoms with Gasteiger partial charge in [0.1, 0.15) is 5.82 Å². The van der Waals surface area contributed by atoms with Crippen LogP contribution in [0.4, 0.5) is 32.0 Å². The molecular weight excluding hydrogens is 412 g/mol. The number of amides is 1. The van der Waals surface area contributed by atoms with E-state index in [0.29, 0.717) is 6.07 Å². The highest BCUT2D eigenvalue weighted by molar-refractivity contribution is 6.04. The molecule has 1 heterocycles. The summed E-state index contributed by atoms with van der Waals surface area (Å²) < 4.78 is 81.9. The molecule has 10 heteroatoms. The first-order chi connectivity index (χ1) is 14.0. The molecule has 4 nitrogen and oxygen atoms in total. The van der Waals surface area contributed by atoms with E-state index in [1.54, 1.807) is 6.92 Å². The van der Waals surface area contributed by atoms with Gasteiger partial charge in [0, 0.05) is 17.7 Å². The summed E-state index contributed by atoms with van der Waals surface area (Å²) in [6.07, 6.45) is -4.70. The highest BCUT2D eigenvalue weighted by Crippen LogP contribution is 2.33. The summed E-state index contributed by atoms with van der Waals surface area (Å²) in [4.78, 5) is 12.3. The molecule has 1 N–H and O–H groups in total. The van der Waals surface area contributed by atoms with Crippen LogP contribution in [0.2, 0.25) is 0 Å². The minimum absolute atomic E-state index is 0.0478. The lowest BCUT2D eigenvalue weighted by molar-refractivity contribution is -0.141. The molecular formula is C20H15F6N3O. The number of aryl methyl sites for hydroxylation is 2. The molecule has 1 aromatic heterocycles. The van der Waals surface area contributed by atoms with E-state index >= 15 is 0 Å². The Bertz CT molecular complexity index is 1120. The molecule has 0 aliphatic carbocycles. The second kappa shape index (κ2) is 7.85. The van der Waals surface area contributed by atoms with Crippen LogP contribution in [0.3, 0.4) is 0 Å². The third kappa shape index (κ3) is 4.03. The summed E-state index contributed by atoms with van der Waals surface area (Å²) in [6, 6.07) is 6.23. The maximum Gasteiger partial charge on any atom is 0.435 e. The van der Waals surface area contributed by atoms with E-state index in [4.69, 9.17) is 0 Å². The molecule has 0 aliphatic heterocycles. The molecule has 3 rings (SSSR count). The van der Waals surface area contributed by atoms with E-state index in [-0.39, 0.29) is 28.9 Å². The number of halogens is 6. The standard InChI is InChI=1S/C20H15F6N3O/c1-3-29-15(9-16(28-29)20(24,25)26)12-6-5-11(8-13(12)21)19(30)27-14-7-4-10(2)17(22)18(14)23/h4-9H,3H2,1-2H3,(H,27,30). The SMILES string of the molecule is CCn1nc(C(F)(F)F)cc1-c1ccc(C(=O)Nc2ccc(C)c(F)c2F)cc1F. The average Bonchev–Trinajstić information content (AvgIpc) is 3.13. The van der Waals surface area contributed by atoms with Crippen LogP contribution in [0.1, 0.15) is 28.5 Å². The van der Waals surface area contributed by atoms with E-state index in [2.05, 4.69) is 10.4 Å². The van der Waals surface area contributed by atoms with Crippen LogP contribution >= 0.6 is 0 Å². The zero-order valence-electron chi connectivity index (χ0n) is 15.7. The molecule has 1 amide bonds. The lowest BCUT2D eigenvalue weighted by atomic mass is 10.1. The molecule has 0 saturated heterocycles. The molecule has 0 bridgehead atoms. The largest absolute Gasteiger partial charge is 0.435 e. The Morgan fingerprint density at radius 2 is 1.77 bits per heavy atom. The number of nitrogens with one attached hydrogen (secondary N) is 1. The zero-order chi connectivity index (χ0) is 22.2. The molecule has 0 saturated carbocycles. The third-order valence-electron chi connectivity index (χ3n) is 4.40. The summed E-state index contributed by atoms with van der Waals surface area (Å²) in [6.45, 7) is 2.96. The number of nitrogens with zero attached hydrogens (tertiary/aromatic N) is 2. The van der Waals surface area contributed by atoms with Gasteiger partial charge >= 0.3 is 6.18 Å². The van der Waals surface area contributed by atoms with E-state index in [1.165, 1.54) is 13.0 Å². The van der Waals surface area contributed by atoms with Crippen LogP contribution in [0.15, 0.2) is 36.4 Å². The van der Waals surface area contributed by atoms with Crippen LogP contribution in [-0.4, -0.2) is 15.7 Å². The lowest BCUT2D eigenvalue weighted by Gasteiger charge is -2.10. The predicted octanol–water partition coefficient (Wildman–Crippen LogP) is 5.57. The molecule has 0 aliphatic rings. The number of alkyl halides is 3. The number of carbonyl (C=O) groups excluding carboxylic acids is 1. The van der Waals surface area contributed by atoms with Crippen molar-refractivity contribution in [3.05, 3.63) is 70.7 Å². The number of benzene rings is 2. The first kappa shape index (κ1) is 21.4. The number of hydrogen-bond donors (Lipinski definition) is 1. The predicted molar refractivity (Wildman–Crippen MR) is 97.3 cm³/mol. The number of carbonyl (C=O) groups is 1. The summed E-state index contributed by atoms with van der Waals surface area (Å²) in [5, 5.41) is 5.57. The highest BCUT2D eigenvalue weighted by atomic mass is 19.4. The van der Waals surface area contributed by atoms with Gasteiger partial charge in [-0.1, -0.05) is 6.07 Å².